The molecule has 0 amide bonds. The molecule has 1 aromatic heterocycles. The third kappa shape index (κ3) is 4.03. The van der Waals surface area contributed by atoms with E-state index >= 15 is 0 Å². The van der Waals surface area contributed by atoms with Gasteiger partial charge >= 0.3 is 0 Å². The number of pyridine rings is 1. The van der Waals surface area contributed by atoms with E-state index in [0.717, 1.165) is 31.7 Å². The quantitative estimate of drug-likeness (QED) is 0.892. The van der Waals surface area contributed by atoms with Crippen molar-refractivity contribution in [3.63, 3.8) is 0 Å². The van der Waals surface area contributed by atoms with Gasteiger partial charge in [0, 0.05) is 30.9 Å². The highest BCUT2D eigenvalue weighted by Gasteiger charge is 2.20. The molecule has 2 heterocycles. The van der Waals surface area contributed by atoms with Crippen LogP contribution in [0.1, 0.15) is 37.9 Å². The van der Waals surface area contributed by atoms with Gasteiger partial charge in [-0.15, -0.1) is 0 Å². The zero-order valence-electron chi connectivity index (χ0n) is 12.5. The number of nitrogens with zero attached hydrogens (tertiary/aromatic N) is 3. The van der Waals surface area contributed by atoms with Gasteiger partial charge in [0.05, 0.1) is 0 Å². The molecule has 1 aromatic rings. The summed E-state index contributed by atoms with van der Waals surface area (Å²) in [7, 11) is 0. The Morgan fingerprint density at radius 3 is 3.05 bits per heavy atom. The normalized spacial score (nSPS) is 19.2. The number of aromatic nitrogens is 1. The smallest absolute Gasteiger partial charge is 0.144 e. The molecule has 1 saturated heterocycles. The van der Waals surface area contributed by atoms with Gasteiger partial charge in [0.1, 0.15) is 11.8 Å². The molecule has 108 valence electrons. The first-order valence-electron chi connectivity index (χ1n) is 7.49. The zero-order valence-corrected chi connectivity index (χ0v) is 12.5. The molecule has 0 aromatic carbocycles. The second-order valence-electron chi connectivity index (χ2n) is 5.86. The maximum absolute atomic E-state index is 9.15. The number of rotatable bonds is 5. The average Bonchev–Trinajstić information content (AvgIpc) is 2.48. The lowest BCUT2D eigenvalue weighted by Crippen LogP contribution is -2.40. The van der Waals surface area contributed by atoms with E-state index in [0.29, 0.717) is 17.7 Å². The lowest BCUT2D eigenvalue weighted by atomic mass is 9.98. The third-order valence-corrected chi connectivity index (χ3v) is 3.99. The van der Waals surface area contributed by atoms with Gasteiger partial charge < -0.3 is 5.32 Å². The summed E-state index contributed by atoms with van der Waals surface area (Å²) < 4.78 is 0. The number of hydrogen-bond acceptors (Lipinski definition) is 4. The van der Waals surface area contributed by atoms with E-state index in [4.69, 9.17) is 5.26 Å². The molecule has 0 spiro atoms. The van der Waals surface area contributed by atoms with E-state index in [1.807, 2.05) is 12.1 Å². The lowest BCUT2D eigenvalue weighted by molar-refractivity contribution is 0.163. The molecule has 1 atom stereocenters. The second kappa shape index (κ2) is 7.37. The summed E-state index contributed by atoms with van der Waals surface area (Å²) in [6.45, 7) is 8.60. The Hall–Kier alpha value is -1.44. The number of nitriles is 1. The Labute approximate surface area is 121 Å². The van der Waals surface area contributed by atoms with Gasteiger partial charge in [0.15, 0.2) is 0 Å². The van der Waals surface area contributed by atoms with Crippen LogP contribution in [0.3, 0.4) is 0 Å². The van der Waals surface area contributed by atoms with Crippen LogP contribution in [0.5, 0.6) is 0 Å². The van der Waals surface area contributed by atoms with Crippen molar-refractivity contribution in [1.82, 2.24) is 15.2 Å². The number of piperidine rings is 1. The molecular weight excluding hydrogens is 248 g/mol. The fraction of sp³-hybridized carbons (Fsp3) is 0.625. The van der Waals surface area contributed by atoms with Crippen molar-refractivity contribution in [2.24, 2.45) is 5.92 Å². The van der Waals surface area contributed by atoms with Crippen molar-refractivity contribution in [2.45, 2.75) is 39.3 Å². The van der Waals surface area contributed by atoms with Crippen molar-refractivity contribution >= 4 is 0 Å². The van der Waals surface area contributed by atoms with Crippen LogP contribution in [0.15, 0.2) is 18.3 Å². The molecule has 1 N–H and O–H groups in total. The largest absolute Gasteiger partial charge is 0.316 e. The maximum Gasteiger partial charge on any atom is 0.144 e. The minimum absolute atomic E-state index is 0.476. The van der Waals surface area contributed by atoms with E-state index in [-0.39, 0.29) is 0 Å². The molecule has 0 radical (unpaired) electrons. The van der Waals surface area contributed by atoms with Crippen molar-refractivity contribution in [1.29, 1.82) is 5.26 Å². The minimum atomic E-state index is 0.476. The van der Waals surface area contributed by atoms with Crippen molar-refractivity contribution < 1.29 is 0 Å². The highest BCUT2D eigenvalue weighted by atomic mass is 15.2. The summed E-state index contributed by atoms with van der Waals surface area (Å²) in [4.78, 5) is 6.61. The van der Waals surface area contributed by atoms with Crippen LogP contribution in [0.2, 0.25) is 0 Å². The zero-order chi connectivity index (χ0) is 14.4. The number of hydrogen-bond donors (Lipinski definition) is 1. The molecule has 4 heteroatoms. The predicted molar refractivity (Wildman–Crippen MR) is 80.1 cm³/mol. The first-order valence-corrected chi connectivity index (χ1v) is 7.49. The number of nitrogens with one attached hydrogen (secondary N) is 1. The third-order valence-electron chi connectivity index (χ3n) is 3.99. The highest BCUT2D eigenvalue weighted by molar-refractivity contribution is 5.30. The van der Waals surface area contributed by atoms with E-state index in [9.17, 15) is 0 Å². The van der Waals surface area contributed by atoms with Gasteiger partial charge in [-0.25, -0.2) is 4.98 Å². The van der Waals surface area contributed by atoms with Crippen LogP contribution >= 0.6 is 0 Å². The molecule has 1 aliphatic rings. The fourth-order valence-corrected chi connectivity index (χ4v) is 2.76. The topological polar surface area (TPSA) is 52.0 Å². The molecule has 1 unspecified atom stereocenters. The molecule has 20 heavy (non-hydrogen) atoms. The Morgan fingerprint density at radius 2 is 2.40 bits per heavy atom. The van der Waals surface area contributed by atoms with Crippen LogP contribution in [0.25, 0.3) is 0 Å². The molecule has 0 bridgehead atoms. The highest BCUT2D eigenvalue weighted by Crippen LogP contribution is 2.17. The average molecular weight is 272 g/mol. The molecular formula is C16H24N4. The molecule has 4 nitrogen and oxygen atoms in total. The van der Waals surface area contributed by atoms with Crippen molar-refractivity contribution in [3.8, 4) is 6.07 Å². The Morgan fingerprint density at radius 1 is 1.55 bits per heavy atom. The second-order valence-corrected chi connectivity index (χ2v) is 5.86. The van der Waals surface area contributed by atoms with Crippen LogP contribution in [0, 0.1) is 17.2 Å². The Bertz CT molecular complexity index is 458. The summed E-state index contributed by atoms with van der Waals surface area (Å²) in [6, 6.07) is 6.60. The van der Waals surface area contributed by atoms with Gasteiger partial charge in [0.2, 0.25) is 0 Å². The van der Waals surface area contributed by atoms with Crippen LogP contribution in [-0.2, 0) is 6.54 Å². The van der Waals surface area contributed by atoms with Gasteiger partial charge in [-0.1, -0.05) is 6.07 Å². The summed E-state index contributed by atoms with van der Waals surface area (Å²) in [5, 5.41) is 12.6. The molecule has 1 aliphatic heterocycles. The monoisotopic (exact) mass is 272 g/mol. The molecule has 2 rings (SSSR count). The van der Waals surface area contributed by atoms with Crippen molar-refractivity contribution in [3.05, 3.63) is 29.6 Å². The van der Waals surface area contributed by atoms with Gasteiger partial charge in [0.25, 0.3) is 0 Å². The molecule has 1 fully saturated rings. The SMILES string of the molecule is CC(C)N(Cc1cccnc1C#N)CC1CCCNC1. The van der Waals surface area contributed by atoms with Gasteiger partial charge in [-0.2, -0.15) is 5.26 Å². The van der Waals surface area contributed by atoms with Crippen molar-refractivity contribution in [2.75, 3.05) is 19.6 Å². The first-order chi connectivity index (χ1) is 9.70. The summed E-state index contributed by atoms with van der Waals surface area (Å²) in [6.07, 6.45) is 4.26. The Balaban J connectivity index is 2.03. The first kappa shape index (κ1) is 15.0. The fourth-order valence-electron chi connectivity index (χ4n) is 2.76. The van der Waals surface area contributed by atoms with Crippen LogP contribution in [0.4, 0.5) is 0 Å². The lowest BCUT2D eigenvalue weighted by Gasteiger charge is -2.32. The minimum Gasteiger partial charge on any atom is -0.316 e. The Kier molecular flexibility index (Phi) is 5.51. The molecule has 0 aliphatic carbocycles. The maximum atomic E-state index is 9.15. The van der Waals surface area contributed by atoms with E-state index in [2.05, 4.69) is 35.1 Å². The van der Waals surface area contributed by atoms with E-state index < -0.39 is 0 Å². The van der Waals surface area contributed by atoms with E-state index in [1.165, 1.54) is 12.8 Å². The van der Waals surface area contributed by atoms with Gasteiger partial charge in [-0.05, 0) is 51.8 Å². The molecule has 0 saturated carbocycles. The predicted octanol–water partition coefficient (Wildman–Crippen LogP) is 2.16. The van der Waals surface area contributed by atoms with E-state index in [1.54, 1.807) is 6.20 Å². The summed E-state index contributed by atoms with van der Waals surface area (Å²) in [5.41, 5.74) is 1.59. The van der Waals surface area contributed by atoms with Crippen LogP contribution in [-0.4, -0.2) is 35.6 Å². The summed E-state index contributed by atoms with van der Waals surface area (Å²) in [5.74, 6) is 0.716. The summed E-state index contributed by atoms with van der Waals surface area (Å²) >= 11 is 0. The van der Waals surface area contributed by atoms with Crippen LogP contribution < -0.4 is 5.32 Å². The van der Waals surface area contributed by atoms with Gasteiger partial charge in [-0.3, -0.25) is 4.90 Å². The standard InChI is InChI=1S/C16H24N4/c1-13(2)20(11-14-5-3-7-18-10-14)12-15-6-4-8-19-16(15)9-17/h4,6,8,13-14,18H,3,5,7,10-12H2,1-2H3.